The fourth-order valence-electron chi connectivity index (χ4n) is 3.82. The average Bonchev–Trinajstić information content (AvgIpc) is 3.52. The summed E-state index contributed by atoms with van der Waals surface area (Å²) in [5, 5.41) is 0. The minimum absolute atomic E-state index is 0.133. The lowest BCUT2D eigenvalue weighted by atomic mass is 9.95. The van der Waals surface area contributed by atoms with E-state index in [1.54, 1.807) is 26.4 Å². The van der Waals surface area contributed by atoms with Crippen LogP contribution in [-0.4, -0.2) is 38.9 Å². The Morgan fingerprint density at radius 3 is 2.47 bits per heavy atom. The van der Waals surface area contributed by atoms with Gasteiger partial charge in [-0.2, -0.15) is 0 Å². The van der Waals surface area contributed by atoms with E-state index in [0.29, 0.717) is 35.7 Å². The van der Waals surface area contributed by atoms with Crippen molar-refractivity contribution in [3.63, 3.8) is 0 Å². The van der Waals surface area contributed by atoms with Gasteiger partial charge in [-0.05, 0) is 49.9 Å². The molecular formula is C25H28O7. The van der Waals surface area contributed by atoms with E-state index in [4.69, 9.17) is 23.7 Å². The minimum Gasteiger partial charge on any atom is -0.493 e. The second kappa shape index (κ2) is 8.73. The van der Waals surface area contributed by atoms with Crippen LogP contribution in [0.4, 0.5) is 0 Å². The Morgan fingerprint density at radius 2 is 1.81 bits per heavy atom. The summed E-state index contributed by atoms with van der Waals surface area (Å²) in [6.07, 6.45) is 2.06. The highest BCUT2D eigenvalue weighted by Crippen LogP contribution is 2.51. The SMILES string of the molecule is CC[C@@H](C)OC(=O)C1(COc2c(-c3cccc4c3COC4=O)ccc(OC)c2OC)CC1. The van der Waals surface area contributed by atoms with Crippen molar-refractivity contribution < 1.29 is 33.3 Å². The molecule has 32 heavy (non-hydrogen) atoms. The maximum Gasteiger partial charge on any atom is 0.338 e. The Labute approximate surface area is 187 Å². The third kappa shape index (κ3) is 3.87. The van der Waals surface area contributed by atoms with Crippen LogP contribution in [0.15, 0.2) is 30.3 Å². The van der Waals surface area contributed by atoms with E-state index in [9.17, 15) is 9.59 Å². The molecule has 1 saturated carbocycles. The maximum absolute atomic E-state index is 12.7. The zero-order valence-electron chi connectivity index (χ0n) is 18.9. The highest BCUT2D eigenvalue weighted by atomic mass is 16.6. The molecule has 0 radical (unpaired) electrons. The van der Waals surface area contributed by atoms with Crippen LogP contribution in [0.3, 0.4) is 0 Å². The summed E-state index contributed by atoms with van der Waals surface area (Å²) in [6, 6.07) is 9.14. The van der Waals surface area contributed by atoms with Crippen molar-refractivity contribution in [3.05, 3.63) is 41.5 Å². The molecule has 1 aliphatic carbocycles. The summed E-state index contributed by atoms with van der Waals surface area (Å²) in [5.74, 6) is 0.837. The number of methoxy groups -OCH3 is 2. The van der Waals surface area contributed by atoms with Crippen LogP contribution in [0.2, 0.25) is 0 Å². The molecule has 2 aromatic rings. The highest BCUT2D eigenvalue weighted by molar-refractivity contribution is 5.96. The molecule has 2 aromatic carbocycles. The van der Waals surface area contributed by atoms with Crippen molar-refractivity contribution in [2.24, 2.45) is 5.41 Å². The van der Waals surface area contributed by atoms with Crippen molar-refractivity contribution in [2.45, 2.75) is 45.8 Å². The summed E-state index contributed by atoms with van der Waals surface area (Å²) in [4.78, 5) is 24.8. The van der Waals surface area contributed by atoms with Crippen LogP contribution >= 0.6 is 0 Å². The normalized spacial score (nSPS) is 16.6. The smallest absolute Gasteiger partial charge is 0.338 e. The van der Waals surface area contributed by atoms with Gasteiger partial charge in [-0.25, -0.2) is 4.79 Å². The van der Waals surface area contributed by atoms with Gasteiger partial charge in [0.25, 0.3) is 0 Å². The lowest BCUT2D eigenvalue weighted by Gasteiger charge is -2.22. The van der Waals surface area contributed by atoms with Crippen LogP contribution in [0.5, 0.6) is 17.2 Å². The van der Waals surface area contributed by atoms with E-state index >= 15 is 0 Å². The first-order chi connectivity index (χ1) is 15.4. The molecule has 1 fully saturated rings. The highest BCUT2D eigenvalue weighted by Gasteiger charge is 2.53. The van der Waals surface area contributed by atoms with Gasteiger partial charge in [0.15, 0.2) is 11.5 Å². The van der Waals surface area contributed by atoms with Crippen molar-refractivity contribution in [3.8, 4) is 28.4 Å². The maximum atomic E-state index is 12.7. The molecular weight excluding hydrogens is 412 g/mol. The molecule has 170 valence electrons. The van der Waals surface area contributed by atoms with Gasteiger partial charge in [0.05, 0.1) is 25.9 Å². The van der Waals surface area contributed by atoms with Crippen molar-refractivity contribution >= 4 is 11.9 Å². The topological polar surface area (TPSA) is 80.3 Å². The van der Waals surface area contributed by atoms with Gasteiger partial charge in [-0.1, -0.05) is 19.1 Å². The number of hydrogen-bond acceptors (Lipinski definition) is 7. The summed E-state index contributed by atoms with van der Waals surface area (Å²) >= 11 is 0. The molecule has 1 heterocycles. The van der Waals surface area contributed by atoms with Crippen LogP contribution in [0, 0.1) is 5.41 Å². The van der Waals surface area contributed by atoms with Crippen LogP contribution in [-0.2, 0) is 20.9 Å². The Kier molecular flexibility index (Phi) is 6.00. The number of ether oxygens (including phenoxy) is 5. The molecule has 2 aliphatic rings. The lowest BCUT2D eigenvalue weighted by molar-refractivity contribution is -0.156. The molecule has 4 rings (SSSR count). The van der Waals surface area contributed by atoms with Gasteiger partial charge >= 0.3 is 11.9 Å². The van der Waals surface area contributed by atoms with E-state index in [2.05, 4.69) is 0 Å². The molecule has 1 atom stereocenters. The minimum atomic E-state index is -0.646. The van der Waals surface area contributed by atoms with Gasteiger partial charge in [-0.3, -0.25) is 4.79 Å². The van der Waals surface area contributed by atoms with Crippen LogP contribution in [0.1, 0.15) is 49.0 Å². The standard InChI is InChI=1S/C25H28O7/c1-5-15(2)32-24(27)25(11-12-25)14-31-21-17(9-10-20(28-3)22(21)29-4)16-7-6-8-18-19(16)13-30-23(18)26/h6-10,15H,5,11-14H2,1-4H3/t15-/m1/s1. The number of rotatable bonds is 9. The van der Waals surface area contributed by atoms with Gasteiger partial charge < -0.3 is 23.7 Å². The Bertz CT molecular complexity index is 1040. The fraction of sp³-hybridized carbons (Fsp3) is 0.440. The van der Waals surface area contributed by atoms with Gasteiger partial charge in [0.2, 0.25) is 5.75 Å². The van der Waals surface area contributed by atoms with Crippen LogP contribution in [0.25, 0.3) is 11.1 Å². The monoisotopic (exact) mass is 440 g/mol. The summed E-state index contributed by atoms with van der Waals surface area (Å²) in [5.41, 5.74) is 2.25. The number of benzene rings is 2. The second-order valence-corrected chi connectivity index (χ2v) is 8.28. The summed E-state index contributed by atoms with van der Waals surface area (Å²) in [6.45, 7) is 4.23. The average molecular weight is 440 g/mol. The predicted octanol–water partition coefficient (Wildman–Crippen LogP) is 4.54. The van der Waals surface area contributed by atoms with Crippen molar-refractivity contribution in [2.75, 3.05) is 20.8 Å². The molecule has 7 nitrogen and oxygen atoms in total. The zero-order chi connectivity index (χ0) is 22.9. The molecule has 0 N–H and O–H groups in total. The van der Waals surface area contributed by atoms with E-state index in [0.717, 1.165) is 23.1 Å². The van der Waals surface area contributed by atoms with Gasteiger partial charge in [0, 0.05) is 11.1 Å². The summed E-state index contributed by atoms with van der Waals surface area (Å²) < 4.78 is 28.2. The number of cyclic esters (lactones) is 1. The summed E-state index contributed by atoms with van der Waals surface area (Å²) in [7, 11) is 3.10. The first-order valence-corrected chi connectivity index (χ1v) is 10.8. The number of carbonyl (C=O) groups is 2. The molecule has 0 aromatic heterocycles. The third-order valence-corrected chi connectivity index (χ3v) is 6.20. The van der Waals surface area contributed by atoms with Gasteiger partial charge in [-0.15, -0.1) is 0 Å². The van der Waals surface area contributed by atoms with Crippen molar-refractivity contribution in [1.29, 1.82) is 0 Å². The van der Waals surface area contributed by atoms with Crippen molar-refractivity contribution in [1.82, 2.24) is 0 Å². The fourth-order valence-corrected chi connectivity index (χ4v) is 3.82. The Hall–Kier alpha value is -3.22. The molecule has 0 amide bonds. The third-order valence-electron chi connectivity index (χ3n) is 6.20. The Balaban J connectivity index is 1.71. The van der Waals surface area contributed by atoms with E-state index < -0.39 is 5.41 Å². The number of carbonyl (C=O) groups excluding carboxylic acids is 2. The number of esters is 2. The number of fused-ring (bicyclic) bond motifs is 1. The Morgan fingerprint density at radius 1 is 1.06 bits per heavy atom. The van der Waals surface area contributed by atoms with Gasteiger partial charge in [0.1, 0.15) is 18.6 Å². The molecule has 1 aliphatic heterocycles. The van der Waals surface area contributed by atoms with E-state index in [-0.39, 0.29) is 31.3 Å². The molecule has 0 unspecified atom stereocenters. The zero-order valence-corrected chi connectivity index (χ0v) is 18.9. The first kappa shape index (κ1) is 22.0. The quantitative estimate of drug-likeness (QED) is 0.530. The predicted molar refractivity (Wildman–Crippen MR) is 117 cm³/mol. The number of hydrogen-bond donors (Lipinski definition) is 0. The molecule has 7 heteroatoms. The lowest BCUT2D eigenvalue weighted by Crippen LogP contribution is -2.28. The van der Waals surface area contributed by atoms with Crippen LogP contribution < -0.4 is 14.2 Å². The van der Waals surface area contributed by atoms with E-state index in [1.165, 1.54) is 0 Å². The van der Waals surface area contributed by atoms with E-state index in [1.807, 2.05) is 32.0 Å². The molecule has 0 saturated heterocycles. The first-order valence-electron chi connectivity index (χ1n) is 10.8. The molecule has 0 spiro atoms. The molecule has 0 bridgehead atoms. The largest absolute Gasteiger partial charge is 0.493 e. The second-order valence-electron chi connectivity index (χ2n) is 8.28.